The van der Waals surface area contributed by atoms with Crippen molar-refractivity contribution >= 4 is 33.3 Å². The van der Waals surface area contributed by atoms with Crippen LogP contribution in [-0.2, 0) is 9.59 Å². The number of Topliss-reactive ketones (excluding diaryl/α,β-unsaturated/α-hetero) is 1. The van der Waals surface area contributed by atoms with Crippen LogP contribution >= 0.6 is 15.9 Å². The van der Waals surface area contributed by atoms with Gasteiger partial charge in [-0.3, -0.25) is 14.5 Å². The highest BCUT2D eigenvalue weighted by Gasteiger charge is 2.25. The molecular formula is C16H21BrN2O2. The molecule has 1 saturated heterocycles. The number of nitrogens with zero attached hydrogens (tertiary/aromatic N) is 1. The Bertz CT molecular complexity index is 519. The third-order valence-corrected chi connectivity index (χ3v) is 4.46. The molecule has 1 atom stereocenters. The van der Waals surface area contributed by atoms with E-state index < -0.39 is 0 Å². The maximum absolute atomic E-state index is 12.2. The van der Waals surface area contributed by atoms with Gasteiger partial charge in [-0.1, -0.05) is 18.6 Å². The minimum absolute atomic E-state index is 0.0302. The molecule has 1 aliphatic rings. The number of carbonyl (C=O) groups excluding carboxylic acids is 2. The Morgan fingerprint density at radius 1 is 1.33 bits per heavy atom. The van der Waals surface area contributed by atoms with Gasteiger partial charge in [0.25, 0.3) is 0 Å². The molecule has 1 fully saturated rings. The maximum Gasteiger partial charge on any atom is 0.238 e. The number of hydrogen-bond acceptors (Lipinski definition) is 3. The Hall–Kier alpha value is -1.20. The summed E-state index contributed by atoms with van der Waals surface area (Å²) >= 11 is 3.42. The van der Waals surface area contributed by atoms with Crippen molar-refractivity contribution in [3.63, 3.8) is 0 Å². The van der Waals surface area contributed by atoms with Crippen LogP contribution in [0.1, 0.15) is 32.6 Å². The SMILES string of the molecule is CC(=O)CC1CCCCN1CC(=O)Nc1ccccc1Br. The first-order chi connectivity index (χ1) is 10.1. The van der Waals surface area contributed by atoms with Crippen molar-refractivity contribution in [3.8, 4) is 0 Å². The highest BCUT2D eigenvalue weighted by Crippen LogP contribution is 2.22. The summed E-state index contributed by atoms with van der Waals surface area (Å²) in [6.07, 6.45) is 3.78. The van der Waals surface area contributed by atoms with Gasteiger partial charge in [0.05, 0.1) is 12.2 Å². The molecule has 1 amide bonds. The number of ketones is 1. The van der Waals surface area contributed by atoms with Crippen LogP contribution in [0.2, 0.25) is 0 Å². The minimum Gasteiger partial charge on any atom is -0.324 e. The molecule has 114 valence electrons. The van der Waals surface area contributed by atoms with Crippen LogP contribution in [0.5, 0.6) is 0 Å². The second-order valence-corrected chi connectivity index (χ2v) is 6.41. The van der Waals surface area contributed by atoms with E-state index in [4.69, 9.17) is 0 Å². The quantitative estimate of drug-likeness (QED) is 0.884. The van der Waals surface area contributed by atoms with Gasteiger partial charge in [-0.25, -0.2) is 0 Å². The van der Waals surface area contributed by atoms with Gasteiger partial charge in [0.15, 0.2) is 0 Å². The van der Waals surface area contributed by atoms with E-state index in [0.29, 0.717) is 13.0 Å². The number of piperidine rings is 1. The smallest absolute Gasteiger partial charge is 0.238 e. The van der Waals surface area contributed by atoms with Gasteiger partial charge in [-0.2, -0.15) is 0 Å². The van der Waals surface area contributed by atoms with E-state index in [2.05, 4.69) is 26.1 Å². The zero-order valence-electron chi connectivity index (χ0n) is 12.3. The third-order valence-electron chi connectivity index (χ3n) is 3.77. The molecule has 1 N–H and O–H groups in total. The predicted octanol–water partition coefficient (Wildman–Crippen LogP) is 3.22. The summed E-state index contributed by atoms with van der Waals surface area (Å²) in [5, 5.41) is 2.92. The molecule has 0 spiro atoms. The van der Waals surface area contributed by atoms with E-state index in [0.717, 1.165) is 36.0 Å². The first kappa shape index (κ1) is 16.2. The molecule has 1 unspecified atom stereocenters. The van der Waals surface area contributed by atoms with E-state index in [1.807, 2.05) is 24.3 Å². The molecular weight excluding hydrogens is 332 g/mol. The Morgan fingerprint density at radius 3 is 2.81 bits per heavy atom. The number of halogens is 1. The van der Waals surface area contributed by atoms with E-state index in [9.17, 15) is 9.59 Å². The monoisotopic (exact) mass is 352 g/mol. The van der Waals surface area contributed by atoms with E-state index >= 15 is 0 Å². The molecule has 0 saturated carbocycles. The molecule has 21 heavy (non-hydrogen) atoms. The number of para-hydroxylation sites is 1. The van der Waals surface area contributed by atoms with Crippen molar-refractivity contribution in [1.29, 1.82) is 0 Å². The molecule has 1 aliphatic heterocycles. The summed E-state index contributed by atoms with van der Waals surface area (Å²) in [5.74, 6) is 0.162. The number of amides is 1. The highest BCUT2D eigenvalue weighted by molar-refractivity contribution is 9.10. The van der Waals surface area contributed by atoms with Gasteiger partial charge in [0.2, 0.25) is 5.91 Å². The average Bonchev–Trinajstić information content (AvgIpc) is 2.43. The molecule has 4 nitrogen and oxygen atoms in total. The van der Waals surface area contributed by atoms with Gasteiger partial charge in [-0.15, -0.1) is 0 Å². The van der Waals surface area contributed by atoms with Crippen LogP contribution in [0.15, 0.2) is 28.7 Å². The van der Waals surface area contributed by atoms with Crippen molar-refractivity contribution in [2.24, 2.45) is 0 Å². The van der Waals surface area contributed by atoms with Crippen LogP contribution in [0.25, 0.3) is 0 Å². The minimum atomic E-state index is -0.0302. The third kappa shape index (κ3) is 4.93. The lowest BCUT2D eigenvalue weighted by Crippen LogP contribution is -2.44. The first-order valence-corrected chi connectivity index (χ1v) is 8.13. The lowest BCUT2D eigenvalue weighted by molar-refractivity contribution is -0.121. The van der Waals surface area contributed by atoms with Gasteiger partial charge in [0.1, 0.15) is 5.78 Å². The molecule has 1 aromatic carbocycles. The van der Waals surface area contributed by atoms with Gasteiger partial charge < -0.3 is 5.32 Å². The number of benzene rings is 1. The standard InChI is InChI=1S/C16H21BrN2O2/c1-12(20)10-13-6-4-5-9-19(13)11-16(21)18-15-8-3-2-7-14(15)17/h2-3,7-8,13H,4-6,9-11H2,1H3,(H,18,21). The molecule has 1 heterocycles. The topological polar surface area (TPSA) is 49.4 Å². The van der Waals surface area contributed by atoms with Crippen LogP contribution < -0.4 is 5.32 Å². The Balaban J connectivity index is 1.94. The zero-order chi connectivity index (χ0) is 15.2. The predicted molar refractivity (Wildman–Crippen MR) is 87.3 cm³/mol. The fraction of sp³-hybridized carbons (Fsp3) is 0.500. The molecule has 0 radical (unpaired) electrons. The molecule has 2 rings (SSSR count). The second-order valence-electron chi connectivity index (χ2n) is 5.55. The van der Waals surface area contributed by atoms with Crippen molar-refractivity contribution in [3.05, 3.63) is 28.7 Å². The fourth-order valence-electron chi connectivity index (χ4n) is 2.77. The van der Waals surface area contributed by atoms with Gasteiger partial charge in [0, 0.05) is 16.9 Å². The van der Waals surface area contributed by atoms with Crippen LogP contribution in [0.3, 0.4) is 0 Å². The molecule has 0 aromatic heterocycles. The lowest BCUT2D eigenvalue weighted by atomic mass is 9.98. The number of anilines is 1. The number of nitrogens with one attached hydrogen (secondary N) is 1. The van der Waals surface area contributed by atoms with Crippen LogP contribution in [0, 0.1) is 0 Å². The summed E-state index contributed by atoms with van der Waals surface area (Å²) < 4.78 is 0.872. The highest BCUT2D eigenvalue weighted by atomic mass is 79.9. The second kappa shape index (κ2) is 7.71. The summed E-state index contributed by atoms with van der Waals surface area (Å²) in [4.78, 5) is 25.7. The molecule has 0 bridgehead atoms. The summed E-state index contributed by atoms with van der Waals surface area (Å²) in [6, 6.07) is 7.77. The zero-order valence-corrected chi connectivity index (χ0v) is 13.9. The van der Waals surface area contributed by atoms with E-state index in [1.165, 1.54) is 0 Å². The summed E-state index contributed by atoms with van der Waals surface area (Å²) in [7, 11) is 0. The van der Waals surface area contributed by atoms with Gasteiger partial charge >= 0.3 is 0 Å². The Kier molecular flexibility index (Phi) is 5.94. The maximum atomic E-state index is 12.2. The van der Waals surface area contributed by atoms with E-state index in [1.54, 1.807) is 6.92 Å². The average molecular weight is 353 g/mol. The molecule has 1 aromatic rings. The Morgan fingerprint density at radius 2 is 2.10 bits per heavy atom. The van der Waals surface area contributed by atoms with Crippen LogP contribution in [-0.4, -0.2) is 35.7 Å². The normalized spacial score (nSPS) is 19.2. The molecule has 5 heteroatoms. The van der Waals surface area contributed by atoms with Crippen molar-refractivity contribution in [2.45, 2.75) is 38.6 Å². The number of hydrogen-bond donors (Lipinski definition) is 1. The first-order valence-electron chi connectivity index (χ1n) is 7.34. The van der Waals surface area contributed by atoms with Crippen LogP contribution in [0.4, 0.5) is 5.69 Å². The number of rotatable bonds is 5. The largest absolute Gasteiger partial charge is 0.324 e. The Labute approximate surface area is 134 Å². The summed E-state index contributed by atoms with van der Waals surface area (Å²) in [5.41, 5.74) is 0.780. The van der Waals surface area contributed by atoms with Crippen molar-refractivity contribution in [2.75, 3.05) is 18.4 Å². The number of likely N-dealkylation sites (tertiary alicyclic amines) is 1. The fourth-order valence-corrected chi connectivity index (χ4v) is 3.15. The van der Waals surface area contributed by atoms with Crippen molar-refractivity contribution < 1.29 is 9.59 Å². The summed E-state index contributed by atoms with van der Waals surface area (Å²) in [6.45, 7) is 2.86. The van der Waals surface area contributed by atoms with E-state index in [-0.39, 0.29) is 17.7 Å². The number of carbonyl (C=O) groups is 2. The molecule has 0 aliphatic carbocycles. The van der Waals surface area contributed by atoms with Gasteiger partial charge in [-0.05, 0) is 54.4 Å². The van der Waals surface area contributed by atoms with Crippen molar-refractivity contribution in [1.82, 2.24) is 4.90 Å². The lowest BCUT2D eigenvalue weighted by Gasteiger charge is -2.34.